The Balaban J connectivity index is 2.51. The molecule has 0 spiro atoms. The predicted octanol–water partition coefficient (Wildman–Crippen LogP) is 1.98. The standard InChI is InChI=1S/C11H18O2S/c1-3-8-5-6-9(14-8)7-11(13)10(12)4-2/h5-6,10-13H,3-4,7H2,1-2H3. The Labute approximate surface area is 89.2 Å². The maximum atomic E-state index is 9.61. The van der Waals surface area contributed by atoms with Crippen molar-refractivity contribution in [1.29, 1.82) is 0 Å². The van der Waals surface area contributed by atoms with E-state index in [2.05, 4.69) is 13.0 Å². The van der Waals surface area contributed by atoms with E-state index in [4.69, 9.17) is 0 Å². The van der Waals surface area contributed by atoms with Crippen LogP contribution in [-0.2, 0) is 12.8 Å². The van der Waals surface area contributed by atoms with Crippen molar-refractivity contribution < 1.29 is 10.2 Å². The largest absolute Gasteiger partial charge is 0.390 e. The van der Waals surface area contributed by atoms with Crippen molar-refractivity contribution in [3.8, 4) is 0 Å². The second kappa shape index (κ2) is 5.49. The normalized spacial score (nSPS) is 15.4. The van der Waals surface area contributed by atoms with Crippen molar-refractivity contribution in [3.63, 3.8) is 0 Å². The molecule has 0 saturated heterocycles. The van der Waals surface area contributed by atoms with Crippen LogP contribution in [0, 0.1) is 0 Å². The van der Waals surface area contributed by atoms with E-state index in [1.165, 1.54) is 4.88 Å². The number of rotatable bonds is 5. The molecule has 1 aromatic rings. The van der Waals surface area contributed by atoms with Gasteiger partial charge in [-0.1, -0.05) is 13.8 Å². The first kappa shape index (κ1) is 11.7. The van der Waals surface area contributed by atoms with Crippen LogP contribution in [0.15, 0.2) is 12.1 Å². The Morgan fingerprint density at radius 1 is 1.14 bits per heavy atom. The van der Waals surface area contributed by atoms with Crippen LogP contribution in [0.25, 0.3) is 0 Å². The highest BCUT2D eigenvalue weighted by atomic mass is 32.1. The van der Waals surface area contributed by atoms with Crippen LogP contribution in [0.5, 0.6) is 0 Å². The van der Waals surface area contributed by atoms with Gasteiger partial charge in [-0.15, -0.1) is 11.3 Å². The van der Waals surface area contributed by atoms with Gasteiger partial charge in [-0.2, -0.15) is 0 Å². The highest BCUT2D eigenvalue weighted by Crippen LogP contribution is 2.19. The van der Waals surface area contributed by atoms with Gasteiger partial charge in [-0.3, -0.25) is 0 Å². The van der Waals surface area contributed by atoms with E-state index >= 15 is 0 Å². The summed E-state index contributed by atoms with van der Waals surface area (Å²) in [6.45, 7) is 3.99. The van der Waals surface area contributed by atoms with Crippen molar-refractivity contribution in [2.24, 2.45) is 0 Å². The van der Waals surface area contributed by atoms with Crippen LogP contribution in [0.3, 0.4) is 0 Å². The molecule has 80 valence electrons. The minimum absolute atomic E-state index is 0.569. The number of hydrogen-bond donors (Lipinski definition) is 2. The lowest BCUT2D eigenvalue weighted by molar-refractivity contribution is 0.0186. The van der Waals surface area contributed by atoms with Crippen molar-refractivity contribution in [2.75, 3.05) is 0 Å². The van der Waals surface area contributed by atoms with Gasteiger partial charge < -0.3 is 10.2 Å². The first-order chi connectivity index (χ1) is 6.67. The van der Waals surface area contributed by atoms with Gasteiger partial charge in [0.1, 0.15) is 0 Å². The van der Waals surface area contributed by atoms with Gasteiger partial charge in [0.2, 0.25) is 0 Å². The van der Waals surface area contributed by atoms with Gasteiger partial charge in [0, 0.05) is 16.2 Å². The van der Waals surface area contributed by atoms with E-state index in [0.717, 1.165) is 11.3 Å². The van der Waals surface area contributed by atoms with E-state index in [1.807, 2.05) is 13.0 Å². The zero-order valence-electron chi connectivity index (χ0n) is 8.73. The summed E-state index contributed by atoms with van der Waals surface area (Å²) in [5.41, 5.74) is 0. The molecule has 2 N–H and O–H groups in total. The third-order valence-electron chi connectivity index (χ3n) is 2.34. The molecule has 0 aromatic carbocycles. The van der Waals surface area contributed by atoms with Crippen LogP contribution in [0.2, 0.25) is 0 Å². The highest BCUT2D eigenvalue weighted by molar-refractivity contribution is 7.11. The summed E-state index contributed by atoms with van der Waals surface area (Å²) in [6, 6.07) is 4.13. The Kier molecular flexibility index (Phi) is 4.58. The Bertz CT molecular complexity index is 270. The molecule has 1 rings (SSSR count). The van der Waals surface area contributed by atoms with Crippen LogP contribution < -0.4 is 0 Å². The molecule has 2 unspecified atom stereocenters. The molecule has 0 fully saturated rings. The maximum Gasteiger partial charge on any atom is 0.0847 e. The molecule has 1 aromatic heterocycles. The van der Waals surface area contributed by atoms with Crippen LogP contribution >= 0.6 is 11.3 Å². The van der Waals surface area contributed by atoms with Crippen molar-refractivity contribution >= 4 is 11.3 Å². The molecule has 14 heavy (non-hydrogen) atoms. The first-order valence-corrected chi connectivity index (χ1v) is 5.92. The van der Waals surface area contributed by atoms with E-state index in [0.29, 0.717) is 12.8 Å². The summed E-state index contributed by atoms with van der Waals surface area (Å²) in [7, 11) is 0. The summed E-state index contributed by atoms with van der Waals surface area (Å²) in [5, 5.41) is 19.0. The number of thiophene rings is 1. The van der Waals surface area contributed by atoms with Gasteiger partial charge in [-0.25, -0.2) is 0 Å². The second-order valence-corrected chi connectivity index (χ2v) is 4.72. The second-order valence-electron chi connectivity index (χ2n) is 3.47. The quantitative estimate of drug-likeness (QED) is 0.787. The third-order valence-corrected chi connectivity index (χ3v) is 3.59. The molecule has 0 amide bonds. The van der Waals surface area contributed by atoms with E-state index in [-0.39, 0.29) is 0 Å². The fourth-order valence-corrected chi connectivity index (χ4v) is 2.34. The molecule has 0 radical (unpaired) electrons. The summed E-state index contributed by atoms with van der Waals surface area (Å²) in [4.78, 5) is 2.49. The number of aliphatic hydroxyl groups excluding tert-OH is 2. The topological polar surface area (TPSA) is 40.5 Å². The fourth-order valence-electron chi connectivity index (χ4n) is 1.34. The van der Waals surface area contributed by atoms with Gasteiger partial charge in [-0.05, 0) is 25.0 Å². The molecule has 3 heteroatoms. The lowest BCUT2D eigenvalue weighted by Gasteiger charge is -2.14. The summed E-state index contributed by atoms with van der Waals surface area (Å²) < 4.78 is 0. The number of aliphatic hydroxyl groups is 2. The first-order valence-electron chi connectivity index (χ1n) is 5.11. The average molecular weight is 214 g/mol. The van der Waals surface area contributed by atoms with Crippen molar-refractivity contribution in [2.45, 2.75) is 45.3 Å². The van der Waals surface area contributed by atoms with E-state index in [9.17, 15) is 10.2 Å². The molecular formula is C11H18O2S. The van der Waals surface area contributed by atoms with Gasteiger partial charge in [0.25, 0.3) is 0 Å². The highest BCUT2D eigenvalue weighted by Gasteiger charge is 2.15. The van der Waals surface area contributed by atoms with E-state index < -0.39 is 12.2 Å². The molecular weight excluding hydrogens is 196 g/mol. The summed E-state index contributed by atoms with van der Waals surface area (Å²) in [5.74, 6) is 0. The van der Waals surface area contributed by atoms with Crippen LogP contribution in [0.4, 0.5) is 0 Å². The summed E-state index contributed by atoms with van der Waals surface area (Å²) >= 11 is 1.72. The average Bonchev–Trinajstić information content (AvgIpc) is 2.64. The molecule has 0 aliphatic rings. The van der Waals surface area contributed by atoms with Crippen LogP contribution in [-0.4, -0.2) is 22.4 Å². The van der Waals surface area contributed by atoms with Gasteiger partial charge in [0.15, 0.2) is 0 Å². The lowest BCUT2D eigenvalue weighted by Crippen LogP contribution is -2.26. The molecule has 0 aliphatic carbocycles. The molecule has 0 saturated carbocycles. The minimum Gasteiger partial charge on any atom is -0.390 e. The Hall–Kier alpha value is -0.380. The Morgan fingerprint density at radius 2 is 1.79 bits per heavy atom. The van der Waals surface area contributed by atoms with E-state index in [1.54, 1.807) is 11.3 Å². The number of aryl methyl sites for hydroxylation is 1. The zero-order valence-corrected chi connectivity index (χ0v) is 9.55. The van der Waals surface area contributed by atoms with Crippen molar-refractivity contribution in [1.82, 2.24) is 0 Å². The van der Waals surface area contributed by atoms with Gasteiger partial charge in [0.05, 0.1) is 12.2 Å². The van der Waals surface area contributed by atoms with Gasteiger partial charge >= 0.3 is 0 Å². The number of hydrogen-bond acceptors (Lipinski definition) is 3. The van der Waals surface area contributed by atoms with Crippen LogP contribution in [0.1, 0.15) is 30.0 Å². The molecule has 0 aliphatic heterocycles. The Morgan fingerprint density at radius 3 is 2.29 bits per heavy atom. The zero-order chi connectivity index (χ0) is 10.6. The minimum atomic E-state index is -0.622. The molecule has 2 nitrogen and oxygen atoms in total. The molecule has 1 heterocycles. The summed E-state index contributed by atoms with van der Waals surface area (Å²) in [6.07, 6.45) is 0.995. The van der Waals surface area contributed by atoms with Crippen molar-refractivity contribution in [3.05, 3.63) is 21.9 Å². The fraction of sp³-hybridized carbons (Fsp3) is 0.636. The molecule has 2 atom stereocenters. The third kappa shape index (κ3) is 3.08. The smallest absolute Gasteiger partial charge is 0.0847 e. The maximum absolute atomic E-state index is 9.61. The molecule has 0 bridgehead atoms. The SMILES string of the molecule is CCc1ccc(CC(O)C(O)CC)s1. The lowest BCUT2D eigenvalue weighted by atomic mass is 10.1. The predicted molar refractivity (Wildman–Crippen MR) is 59.7 cm³/mol. The monoisotopic (exact) mass is 214 g/mol.